The lowest BCUT2D eigenvalue weighted by atomic mass is 9.97. The number of carbonyl (C=O) groups is 1. The van der Waals surface area contributed by atoms with Crippen molar-refractivity contribution in [3.8, 4) is 11.4 Å². The number of halogens is 1. The molecule has 1 aromatic carbocycles. The minimum atomic E-state index is -0.295. The van der Waals surface area contributed by atoms with E-state index < -0.39 is 0 Å². The van der Waals surface area contributed by atoms with E-state index in [1.54, 1.807) is 12.1 Å². The van der Waals surface area contributed by atoms with Gasteiger partial charge in [-0.05, 0) is 82.5 Å². The molecule has 3 heterocycles. The van der Waals surface area contributed by atoms with E-state index in [1.807, 2.05) is 0 Å². The largest absolute Gasteiger partial charge is 0.356 e. The molecule has 1 N–H and O–H groups in total. The van der Waals surface area contributed by atoms with Gasteiger partial charge in [-0.1, -0.05) is 11.6 Å². The molecule has 0 saturated carbocycles. The van der Waals surface area contributed by atoms with E-state index in [-0.39, 0.29) is 17.6 Å². The first-order chi connectivity index (χ1) is 15.2. The van der Waals surface area contributed by atoms with E-state index in [2.05, 4.69) is 25.3 Å². The summed E-state index contributed by atoms with van der Waals surface area (Å²) < 4.78 is 18.5. The summed E-state index contributed by atoms with van der Waals surface area (Å²) in [7, 11) is 0. The Morgan fingerprint density at radius 1 is 1.10 bits per heavy atom. The summed E-state index contributed by atoms with van der Waals surface area (Å²) >= 11 is 0. The molecule has 0 aliphatic carbocycles. The number of carbonyl (C=O) groups excluding carboxylic acids is 1. The molecule has 168 valence electrons. The van der Waals surface area contributed by atoms with Gasteiger partial charge < -0.3 is 14.7 Å². The minimum absolute atomic E-state index is 0.00299. The van der Waals surface area contributed by atoms with Gasteiger partial charge in [0.1, 0.15) is 5.82 Å². The molecule has 31 heavy (non-hydrogen) atoms. The van der Waals surface area contributed by atoms with Crippen LogP contribution in [0.5, 0.6) is 0 Å². The van der Waals surface area contributed by atoms with E-state index in [0.717, 1.165) is 44.5 Å². The number of nitrogens with zero attached hydrogens (tertiary/aromatic N) is 4. The molecular weight excluding hydrogens is 397 g/mol. The molecule has 1 atom stereocenters. The van der Waals surface area contributed by atoms with Crippen LogP contribution in [0.25, 0.3) is 11.4 Å². The fourth-order valence-electron chi connectivity index (χ4n) is 4.48. The van der Waals surface area contributed by atoms with E-state index in [1.165, 1.54) is 44.5 Å². The molecule has 0 spiro atoms. The number of hydrogen-bond donors (Lipinski definition) is 1. The highest BCUT2D eigenvalue weighted by atomic mass is 19.1. The van der Waals surface area contributed by atoms with Crippen LogP contribution < -0.4 is 5.32 Å². The molecule has 0 radical (unpaired) electrons. The fourth-order valence-corrected chi connectivity index (χ4v) is 4.48. The normalized spacial score (nSPS) is 20.6. The molecule has 7 nitrogen and oxygen atoms in total. The molecule has 2 aliphatic rings. The number of amides is 1. The molecule has 1 unspecified atom stereocenters. The number of hydrogen-bond acceptors (Lipinski definition) is 6. The summed E-state index contributed by atoms with van der Waals surface area (Å²) in [5, 5.41) is 7.14. The number of aromatic nitrogens is 2. The molecule has 2 fully saturated rings. The van der Waals surface area contributed by atoms with Crippen LogP contribution in [-0.4, -0.2) is 65.1 Å². The van der Waals surface area contributed by atoms with Gasteiger partial charge in [-0.3, -0.25) is 9.69 Å². The lowest BCUT2D eigenvalue weighted by Crippen LogP contribution is -2.43. The maximum absolute atomic E-state index is 13.1. The molecule has 2 saturated heterocycles. The second kappa shape index (κ2) is 10.8. The Labute approximate surface area is 183 Å². The van der Waals surface area contributed by atoms with Crippen molar-refractivity contribution < 1.29 is 13.7 Å². The van der Waals surface area contributed by atoms with Crippen molar-refractivity contribution in [3.63, 3.8) is 0 Å². The SMILES string of the molecule is O=C(NCCCN1CCCCC1)C1CCCN(Cc2nc(-c3ccc(F)cc3)no2)C1. The fraction of sp³-hybridized carbons (Fsp3) is 0.609. The summed E-state index contributed by atoms with van der Waals surface area (Å²) in [6.07, 6.45) is 6.86. The predicted molar refractivity (Wildman–Crippen MR) is 116 cm³/mol. The van der Waals surface area contributed by atoms with Crippen molar-refractivity contribution in [2.45, 2.75) is 45.1 Å². The third-order valence-corrected chi connectivity index (χ3v) is 6.20. The first-order valence-corrected chi connectivity index (χ1v) is 11.5. The topological polar surface area (TPSA) is 74.5 Å². The highest BCUT2D eigenvalue weighted by Crippen LogP contribution is 2.20. The van der Waals surface area contributed by atoms with E-state index in [4.69, 9.17) is 4.52 Å². The zero-order valence-corrected chi connectivity index (χ0v) is 18.1. The Morgan fingerprint density at radius 3 is 2.68 bits per heavy atom. The monoisotopic (exact) mass is 429 g/mol. The number of likely N-dealkylation sites (tertiary alicyclic amines) is 2. The van der Waals surface area contributed by atoms with Gasteiger partial charge in [0, 0.05) is 18.7 Å². The van der Waals surface area contributed by atoms with E-state index in [9.17, 15) is 9.18 Å². The summed E-state index contributed by atoms with van der Waals surface area (Å²) in [5.41, 5.74) is 0.719. The minimum Gasteiger partial charge on any atom is -0.356 e. The predicted octanol–water partition coefficient (Wildman–Crippen LogP) is 3.08. The molecule has 1 aromatic heterocycles. The van der Waals surface area contributed by atoms with Gasteiger partial charge in [-0.15, -0.1) is 0 Å². The van der Waals surface area contributed by atoms with Gasteiger partial charge >= 0.3 is 0 Å². The standard InChI is InChI=1S/C23H32FN5O2/c24-20-9-7-18(8-10-20)22-26-21(31-27-22)17-29-14-4-6-19(16-29)23(30)25-11-5-15-28-12-2-1-3-13-28/h7-10,19H,1-6,11-17H2,(H,25,30). The third-order valence-electron chi connectivity index (χ3n) is 6.20. The van der Waals surface area contributed by atoms with Crippen LogP contribution in [0.3, 0.4) is 0 Å². The van der Waals surface area contributed by atoms with Gasteiger partial charge in [-0.2, -0.15) is 4.98 Å². The van der Waals surface area contributed by atoms with Crippen molar-refractivity contribution in [1.29, 1.82) is 0 Å². The molecule has 0 bridgehead atoms. The van der Waals surface area contributed by atoms with Gasteiger partial charge in [0.15, 0.2) is 0 Å². The summed E-state index contributed by atoms with van der Waals surface area (Å²) in [5.74, 6) is 0.831. The number of nitrogens with one attached hydrogen (secondary N) is 1. The molecule has 1 amide bonds. The van der Waals surface area contributed by atoms with Crippen molar-refractivity contribution in [3.05, 3.63) is 36.0 Å². The van der Waals surface area contributed by atoms with Crippen LogP contribution in [0.15, 0.2) is 28.8 Å². The smallest absolute Gasteiger partial charge is 0.241 e. The maximum Gasteiger partial charge on any atom is 0.241 e. The van der Waals surface area contributed by atoms with Crippen LogP contribution in [0.1, 0.15) is 44.4 Å². The molecule has 4 rings (SSSR count). The maximum atomic E-state index is 13.1. The van der Waals surface area contributed by atoms with Crippen molar-refractivity contribution >= 4 is 5.91 Å². The number of benzene rings is 1. The lowest BCUT2D eigenvalue weighted by Gasteiger charge is -2.31. The van der Waals surface area contributed by atoms with Crippen molar-refractivity contribution in [2.24, 2.45) is 5.92 Å². The van der Waals surface area contributed by atoms with Crippen molar-refractivity contribution in [1.82, 2.24) is 25.3 Å². The Hall–Kier alpha value is -2.32. The Bertz CT molecular complexity index is 835. The zero-order chi connectivity index (χ0) is 21.5. The summed E-state index contributed by atoms with van der Waals surface area (Å²) in [6.45, 7) is 6.35. The van der Waals surface area contributed by atoms with Crippen LogP contribution in [0.2, 0.25) is 0 Å². The highest BCUT2D eigenvalue weighted by Gasteiger charge is 2.26. The Kier molecular flexibility index (Phi) is 7.64. The van der Waals surface area contributed by atoms with Gasteiger partial charge in [-0.25, -0.2) is 4.39 Å². The molecular formula is C23H32FN5O2. The number of rotatable bonds is 8. The van der Waals surface area contributed by atoms with E-state index >= 15 is 0 Å². The summed E-state index contributed by atoms with van der Waals surface area (Å²) in [6, 6.07) is 6.03. The Balaban J connectivity index is 1.21. The van der Waals surface area contributed by atoms with Crippen LogP contribution in [0.4, 0.5) is 4.39 Å². The van der Waals surface area contributed by atoms with Gasteiger partial charge in [0.25, 0.3) is 0 Å². The summed E-state index contributed by atoms with van der Waals surface area (Å²) in [4.78, 5) is 21.8. The second-order valence-electron chi connectivity index (χ2n) is 8.64. The molecule has 2 aromatic rings. The first-order valence-electron chi connectivity index (χ1n) is 11.5. The second-order valence-corrected chi connectivity index (χ2v) is 8.64. The average molecular weight is 430 g/mol. The number of piperidine rings is 2. The molecule has 8 heteroatoms. The van der Waals surface area contributed by atoms with Gasteiger partial charge in [0.2, 0.25) is 17.6 Å². The first kappa shape index (κ1) is 21.9. The lowest BCUT2D eigenvalue weighted by molar-refractivity contribution is -0.126. The van der Waals surface area contributed by atoms with Crippen LogP contribution in [-0.2, 0) is 11.3 Å². The van der Waals surface area contributed by atoms with Crippen LogP contribution in [0, 0.1) is 11.7 Å². The average Bonchev–Trinajstić information content (AvgIpc) is 3.26. The van der Waals surface area contributed by atoms with Crippen molar-refractivity contribution in [2.75, 3.05) is 39.3 Å². The molecule has 2 aliphatic heterocycles. The zero-order valence-electron chi connectivity index (χ0n) is 18.1. The third kappa shape index (κ3) is 6.33. The Morgan fingerprint density at radius 2 is 1.87 bits per heavy atom. The van der Waals surface area contributed by atoms with Crippen LogP contribution >= 0.6 is 0 Å². The highest BCUT2D eigenvalue weighted by molar-refractivity contribution is 5.78. The van der Waals surface area contributed by atoms with E-state index in [0.29, 0.717) is 24.8 Å². The van der Waals surface area contributed by atoms with Gasteiger partial charge in [0.05, 0.1) is 12.5 Å². The quantitative estimate of drug-likeness (QED) is 0.650.